The van der Waals surface area contributed by atoms with Gasteiger partial charge in [-0.1, -0.05) is 37.3 Å². The number of benzene rings is 1. The van der Waals surface area contributed by atoms with Gasteiger partial charge in [-0.05, 0) is 18.4 Å². The Morgan fingerprint density at radius 3 is 2.59 bits per heavy atom. The van der Waals surface area contributed by atoms with Crippen LogP contribution in [0.15, 0.2) is 30.3 Å². The van der Waals surface area contributed by atoms with Crippen molar-refractivity contribution in [2.75, 3.05) is 19.8 Å². The number of ether oxygens (including phenoxy) is 1. The van der Waals surface area contributed by atoms with E-state index in [4.69, 9.17) is 4.74 Å². The molecule has 0 bridgehead atoms. The number of carbonyl (C=O) groups excluding carboxylic acids is 1. The zero-order valence-corrected chi connectivity index (χ0v) is 10.2. The van der Waals surface area contributed by atoms with Crippen LogP contribution in [0.3, 0.4) is 0 Å². The molecule has 0 atom stereocenters. The third kappa shape index (κ3) is 2.67. The van der Waals surface area contributed by atoms with Gasteiger partial charge in [0.05, 0.1) is 18.6 Å². The number of carbonyl (C=O) groups is 1. The van der Waals surface area contributed by atoms with Crippen molar-refractivity contribution in [2.24, 2.45) is 5.41 Å². The van der Waals surface area contributed by atoms with Crippen LogP contribution in [0.25, 0.3) is 0 Å². The molecule has 0 aromatic heterocycles. The molecule has 1 aromatic rings. The van der Waals surface area contributed by atoms with Gasteiger partial charge >= 0.3 is 0 Å². The van der Waals surface area contributed by atoms with Crippen LogP contribution in [0.2, 0.25) is 0 Å². The highest BCUT2D eigenvalue weighted by Crippen LogP contribution is 2.31. The molecule has 0 spiro atoms. The predicted octanol–water partition coefficient (Wildman–Crippen LogP) is 1.77. The summed E-state index contributed by atoms with van der Waals surface area (Å²) >= 11 is 0. The fraction of sp³-hybridized carbons (Fsp3) is 0.500. The molecule has 0 saturated carbocycles. The van der Waals surface area contributed by atoms with E-state index in [2.05, 4.69) is 17.4 Å². The number of hydrogen-bond acceptors (Lipinski definition) is 2. The van der Waals surface area contributed by atoms with Gasteiger partial charge in [0.1, 0.15) is 0 Å². The fourth-order valence-corrected chi connectivity index (χ4v) is 2.00. The molecule has 1 aromatic carbocycles. The van der Waals surface area contributed by atoms with E-state index in [9.17, 15) is 4.79 Å². The Bertz CT molecular complexity index is 366. The van der Waals surface area contributed by atoms with Gasteiger partial charge in [-0.3, -0.25) is 4.79 Å². The molecular weight excluding hydrogens is 214 g/mol. The molecule has 1 N–H and O–H groups in total. The average Bonchev–Trinajstić information content (AvgIpc) is 2.30. The summed E-state index contributed by atoms with van der Waals surface area (Å²) in [6.07, 6.45) is 1.73. The Labute approximate surface area is 102 Å². The Morgan fingerprint density at radius 2 is 2.06 bits per heavy atom. The number of hydrogen-bond donors (Lipinski definition) is 1. The van der Waals surface area contributed by atoms with Gasteiger partial charge in [0, 0.05) is 6.54 Å². The molecular formula is C14H19NO2. The summed E-state index contributed by atoms with van der Waals surface area (Å²) in [6.45, 7) is 3.88. The molecule has 3 heteroatoms. The molecule has 1 amide bonds. The summed E-state index contributed by atoms with van der Waals surface area (Å²) < 4.78 is 5.15. The molecule has 1 heterocycles. The SMILES string of the molecule is CCC1(C(=O)NCCc2ccccc2)COC1. The largest absolute Gasteiger partial charge is 0.379 e. The molecule has 1 fully saturated rings. The highest BCUT2D eigenvalue weighted by molar-refractivity contribution is 5.83. The van der Waals surface area contributed by atoms with Crippen molar-refractivity contribution in [1.82, 2.24) is 5.32 Å². The van der Waals surface area contributed by atoms with E-state index < -0.39 is 0 Å². The zero-order valence-electron chi connectivity index (χ0n) is 10.2. The maximum Gasteiger partial charge on any atom is 0.230 e. The molecule has 1 aliphatic rings. The molecule has 17 heavy (non-hydrogen) atoms. The summed E-state index contributed by atoms with van der Waals surface area (Å²) in [4.78, 5) is 12.0. The second-order valence-corrected chi connectivity index (χ2v) is 4.62. The molecule has 0 unspecified atom stereocenters. The van der Waals surface area contributed by atoms with Crippen LogP contribution in [0.1, 0.15) is 18.9 Å². The second kappa shape index (κ2) is 5.32. The molecule has 2 rings (SSSR count). The van der Waals surface area contributed by atoms with Crippen molar-refractivity contribution in [1.29, 1.82) is 0 Å². The molecule has 1 saturated heterocycles. The standard InChI is InChI=1S/C14H19NO2/c1-2-14(10-17-11-14)13(16)15-9-8-12-6-4-3-5-7-12/h3-7H,2,8-11H2,1H3,(H,15,16). The Kier molecular flexibility index (Phi) is 3.79. The summed E-state index contributed by atoms with van der Waals surface area (Å²) in [5.74, 6) is 0.141. The first-order chi connectivity index (χ1) is 8.27. The fourth-order valence-electron chi connectivity index (χ4n) is 2.00. The number of rotatable bonds is 5. The van der Waals surface area contributed by atoms with Crippen LogP contribution in [-0.4, -0.2) is 25.7 Å². The highest BCUT2D eigenvalue weighted by atomic mass is 16.5. The molecule has 3 nitrogen and oxygen atoms in total. The van der Waals surface area contributed by atoms with Gasteiger partial charge in [0.25, 0.3) is 0 Å². The quantitative estimate of drug-likeness (QED) is 0.841. The van der Waals surface area contributed by atoms with Gasteiger partial charge in [-0.15, -0.1) is 0 Å². The number of nitrogens with one attached hydrogen (secondary N) is 1. The zero-order chi connectivity index (χ0) is 12.1. The summed E-state index contributed by atoms with van der Waals surface area (Å²) in [6, 6.07) is 10.2. The lowest BCUT2D eigenvalue weighted by atomic mass is 9.82. The average molecular weight is 233 g/mol. The molecule has 0 radical (unpaired) electrons. The third-order valence-electron chi connectivity index (χ3n) is 3.46. The molecule has 92 valence electrons. The first-order valence-corrected chi connectivity index (χ1v) is 6.17. The van der Waals surface area contributed by atoms with E-state index in [1.54, 1.807) is 0 Å². The Balaban J connectivity index is 1.77. The number of amides is 1. The van der Waals surface area contributed by atoms with Crippen molar-refractivity contribution in [3.63, 3.8) is 0 Å². The van der Waals surface area contributed by atoms with Gasteiger partial charge in [-0.25, -0.2) is 0 Å². The van der Waals surface area contributed by atoms with E-state index in [0.29, 0.717) is 19.8 Å². The normalized spacial score (nSPS) is 17.2. The third-order valence-corrected chi connectivity index (χ3v) is 3.46. The van der Waals surface area contributed by atoms with E-state index in [1.165, 1.54) is 5.56 Å². The van der Waals surface area contributed by atoms with Gasteiger partial charge in [0.2, 0.25) is 5.91 Å². The van der Waals surface area contributed by atoms with Crippen LogP contribution in [0.5, 0.6) is 0 Å². The van der Waals surface area contributed by atoms with Crippen LogP contribution in [0.4, 0.5) is 0 Å². The van der Waals surface area contributed by atoms with E-state index >= 15 is 0 Å². The maximum atomic E-state index is 12.0. The van der Waals surface area contributed by atoms with Crippen LogP contribution < -0.4 is 5.32 Å². The second-order valence-electron chi connectivity index (χ2n) is 4.62. The summed E-state index contributed by atoms with van der Waals surface area (Å²) in [7, 11) is 0. The first kappa shape index (κ1) is 12.1. The Hall–Kier alpha value is -1.35. The highest BCUT2D eigenvalue weighted by Gasteiger charge is 2.43. The summed E-state index contributed by atoms with van der Waals surface area (Å²) in [5.41, 5.74) is 1.000. The van der Waals surface area contributed by atoms with Gasteiger partial charge < -0.3 is 10.1 Å². The van der Waals surface area contributed by atoms with Crippen LogP contribution in [0, 0.1) is 5.41 Å². The van der Waals surface area contributed by atoms with Gasteiger partial charge in [0.15, 0.2) is 0 Å². The molecule has 0 aliphatic carbocycles. The topological polar surface area (TPSA) is 38.3 Å². The minimum Gasteiger partial charge on any atom is -0.379 e. The smallest absolute Gasteiger partial charge is 0.230 e. The van der Waals surface area contributed by atoms with E-state index in [0.717, 1.165) is 12.8 Å². The lowest BCUT2D eigenvalue weighted by Crippen LogP contribution is -2.53. The monoisotopic (exact) mass is 233 g/mol. The Morgan fingerprint density at radius 1 is 1.35 bits per heavy atom. The van der Waals surface area contributed by atoms with Crippen LogP contribution in [-0.2, 0) is 16.0 Å². The first-order valence-electron chi connectivity index (χ1n) is 6.17. The van der Waals surface area contributed by atoms with E-state index in [1.807, 2.05) is 25.1 Å². The summed E-state index contributed by atoms with van der Waals surface area (Å²) in [5, 5.41) is 3.01. The maximum absolute atomic E-state index is 12.0. The van der Waals surface area contributed by atoms with Crippen molar-refractivity contribution in [3.8, 4) is 0 Å². The lowest BCUT2D eigenvalue weighted by molar-refractivity contribution is -0.162. The van der Waals surface area contributed by atoms with Gasteiger partial charge in [-0.2, -0.15) is 0 Å². The van der Waals surface area contributed by atoms with Crippen molar-refractivity contribution in [3.05, 3.63) is 35.9 Å². The van der Waals surface area contributed by atoms with Crippen molar-refractivity contribution in [2.45, 2.75) is 19.8 Å². The predicted molar refractivity (Wildman–Crippen MR) is 66.7 cm³/mol. The van der Waals surface area contributed by atoms with E-state index in [-0.39, 0.29) is 11.3 Å². The lowest BCUT2D eigenvalue weighted by Gasteiger charge is -2.39. The van der Waals surface area contributed by atoms with Crippen molar-refractivity contribution >= 4 is 5.91 Å². The van der Waals surface area contributed by atoms with Crippen molar-refractivity contribution < 1.29 is 9.53 Å². The minimum atomic E-state index is -0.253. The molecule has 1 aliphatic heterocycles. The minimum absolute atomic E-state index is 0.141. The van der Waals surface area contributed by atoms with Crippen LogP contribution >= 0.6 is 0 Å².